The number of carbonyl (C=O) groups excluding carboxylic acids is 1. The minimum atomic E-state index is 0.196. The van der Waals surface area contributed by atoms with Crippen molar-refractivity contribution in [3.63, 3.8) is 0 Å². The standard InChI is InChI=1S/C19H19NOS/c1-14(2)11-19(21)15-7-9-18(10-8-15)22-13-17-6-4-3-5-16(17)12-20/h3-10,14H,11,13H2,1-2H3. The van der Waals surface area contributed by atoms with Crippen LogP contribution in [0.4, 0.5) is 0 Å². The molecule has 0 heterocycles. The van der Waals surface area contributed by atoms with Gasteiger partial charge < -0.3 is 0 Å². The van der Waals surface area contributed by atoms with E-state index in [0.717, 1.165) is 27.3 Å². The molecule has 2 nitrogen and oxygen atoms in total. The van der Waals surface area contributed by atoms with E-state index in [1.165, 1.54) is 0 Å². The van der Waals surface area contributed by atoms with Gasteiger partial charge in [0.15, 0.2) is 5.78 Å². The first-order valence-electron chi connectivity index (χ1n) is 7.34. The Morgan fingerprint density at radius 3 is 2.45 bits per heavy atom. The Hall–Kier alpha value is -2.05. The van der Waals surface area contributed by atoms with Gasteiger partial charge >= 0.3 is 0 Å². The number of nitrogens with zero attached hydrogens (tertiary/aromatic N) is 1. The largest absolute Gasteiger partial charge is 0.294 e. The van der Waals surface area contributed by atoms with E-state index >= 15 is 0 Å². The second kappa shape index (κ2) is 7.82. The van der Waals surface area contributed by atoms with E-state index in [4.69, 9.17) is 5.26 Å². The molecule has 112 valence electrons. The fourth-order valence-electron chi connectivity index (χ4n) is 2.14. The maximum absolute atomic E-state index is 12.0. The zero-order valence-corrected chi connectivity index (χ0v) is 13.7. The number of ketones is 1. The summed E-state index contributed by atoms with van der Waals surface area (Å²) in [6, 6.07) is 17.6. The van der Waals surface area contributed by atoms with Gasteiger partial charge in [-0.15, -0.1) is 11.8 Å². The van der Waals surface area contributed by atoms with Gasteiger partial charge in [-0.25, -0.2) is 0 Å². The summed E-state index contributed by atoms with van der Waals surface area (Å²) in [5.41, 5.74) is 2.53. The molecule has 0 N–H and O–H groups in total. The van der Waals surface area contributed by atoms with Crippen LogP contribution in [0.1, 0.15) is 41.8 Å². The molecule has 0 aliphatic rings. The number of hydrogen-bond acceptors (Lipinski definition) is 3. The molecule has 0 spiro atoms. The molecule has 2 aromatic rings. The Bertz CT molecular complexity index is 683. The lowest BCUT2D eigenvalue weighted by Crippen LogP contribution is -2.03. The van der Waals surface area contributed by atoms with Gasteiger partial charge in [-0.3, -0.25) is 4.79 Å². The molecule has 22 heavy (non-hydrogen) atoms. The molecular formula is C19H19NOS. The highest BCUT2D eigenvalue weighted by Crippen LogP contribution is 2.25. The van der Waals surface area contributed by atoms with E-state index in [0.29, 0.717) is 12.3 Å². The fourth-order valence-corrected chi connectivity index (χ4v) is 3.04. The van der Waals surface area contributed by atoms with Gasteiger partial charge in [-0.2, -0.15) is 5.26 Å². The van der Waals surface area contributed by atoms with E-state index in [-0.39, 0.29) is 5.78 Å². The summed E-state index contributed by atoms with van der Waals surface area (Å²) in [4.78, 5) is 13.1. The van der Waals surface area contributed by atoms with E-state index in [2.05, 4.69) is 19.9 Å². The molecular weight excluding hydrogens is 290 g/mol. The lowest BCUT2D eigenvalue weighted by molar-refractivity contribution is 0.0968. The van der Waals surface area contributed by atoms with Crippen LogP contribution >= 0.6 is 11.8 Å². The Morgan fingerprint density at radius 2 is 1.82 bits per heavy atom. The molecule has 0 saturated carbocycles. The van der Waals surface area contributed by atoms with Gasteiger partial charge in [-0.05, 0) is 29.7 Å². The molecule has 2 rings (SSSR count). The summed E-state index contributed by atoms with van der Waals surface area (Å²) in [6.45, 7) is 4.10. The van der Waals surface area contributed by atoms with Crippen LogP contribution in [0.2, 0.25) is 0 Å². The molecule has 2 aromatic carbocycles. The lowest BCUT2D eigenvalue weighted by atomic mass is 10.0. The Kier molecular flexibility index (Phi) is 5.80. The van der Waals surface area contributed by atoms with E-state index < -0.39 is 0 Å². The van der Waals surface area contributed by atoms with Crippen molar-refractivity contribution in [2.24, 2.45) is 5.92 Å². The normalized spacial score (nSPS) is 10.5. The molecule has 0 radical (unpaired) electrons. The predicted octanol–water partition coefficient (Wildman–Crippen LogP) is 5.08. The quantitative estimate of drug-likeness (QED) is 0.552. The second-order valence-electron chi connectivity index (χ2n) is 5.60. The molecule has 0 fully saturated rings. The number of nitriles is 1. The Morgan fingerprint density at radius 1 is 1.14 bits per heavy atom. The van der Waals surface area contributed by atoms with Crippen LogP contribution in [0.5, 0.6) is 0 Å². The topological polar surface area (TPSA) is 40.9 Å². The molecule has 0 aliphatic carbocycles. The van der Waals surface area contributed by atoms with Crippen LogP contribution in [-0.2, 0) is 5.75 Å². The molecule has 0 atom stereocenters. The SMILES string of the molecule is CC(C)CC(=O)c1ccc(SCc2ccccc2C#N)cc1. The van der Waals surface area contributed by atoms with Crippen molar-refractivity contribution in [1.82, 2.24) is 0 Å². The zero-order chi connectivity index (χ0) is 15.9. The van der Waals surface area contributed by atoms with Gasteiger partial charge in [0.2, 0.25) is 0 Å². The van der Waals surface area contributed by atoms with Gasteiger partial charge in [0, 0.05) is 22.6 Å². The van der Waals surface area contributed by atoms with Crippen molar-refractivity contribution in [2.45, 2.75) is 30.9 Å². The molecule has 3 heteroatoms. The summed E-state index contributed by atoms with van der Waals surface area (Å²) in [5, 5.41) is 9.09. The second-order valence-corrected chi connectivity index (χ2v) is 6.65. The number of carbonyl (C=O) groups is 1. The lowest BCUT2D eigenvalue weighted by Gasteiger charge is -2.06. The molecule has 0 amide bonds. The number of rotatable bonds is 6. The molecule has 0 aromatic heterocycles. The Balaban J connectivity index is 2.00. The third kappa shape index (κ3) is 4.47. The third-order valence-corrected chi connectivity index (χ3v) is 4.36. The van der Waals surface area contributed by atoms with Crippen LogP contribution in [0.3, 0.4) is 0 Å². The van der Waals surface area contributed by atoms with Crippen molar-refractivity contribution in [1.29, 1.82) is 5.26 Å². The van der Waals surface area contributed by atoms with Gasteiger partial charge in [0.1, 0.15) is 0 Å². The van der Waals surface area contributed by atoms with E-state index in [1.54, 1.807) is 11.8 Å². The number of hydrogen-bond donors (Lipinski definition) is 0. The predicted molar refractivity (Wildman–Crippen MR) is 90.9 cm³/mol. The average molecular weight is 309 g/mol. The van der Waals surface area contributed by atoms with Crippen LogP contribution in [-0.4, -0.2) is 5.78 Å². The number of Topliss-reactive ketones (excluding diaryl/α,β-unsaturated/α-hetero) is 1. The summed E-state index contributed by atoms with van der Waals surface area (Å²) in [7, 11) is 0. The van der Waals surface area contributed by atoms with Crippen molar-refractivity contribution in [3.05, 3.63) is 65.2 Å². The maximum Gasteiger partial charge on any atom is 0.163 e. The molecule has 0 bridgehead atoms. The first kappa shape index (κ1) is 16.3. The van der Waals surface area contributed by atoms with Crippen LogP contribution < -0.4 is 0 Å². The van der Waals surface area contributed by atoms with Crippen LogP contribution in [0.25, 0.3) is 0 Å². The summed E-state index contributed by atoms with van der Waals surface area (Å²) in [5.74, 6) is 1.33. The molecule has 0 aliphatic heterocycles. The Labute approximate surface area is 136 Å². The van der Waals surface area contributed by atoms with Gasteiger partial charge in [0.05, 0.1) is 11.6 Å². The summed E-state index contributed by atoms with van der Waals surface area (Å²) >= 11 is 1.67. The minimum Gasteiger partial charge on any atom is -0.294 e. The number of benzene rings is 2. The highest BCUT2D eigenvalue weighted by Gasteiger charge is 2.08. The van der Waals surface area contributed by atoms with E-state index in [9.17, 15) is 4.79 Å². The van der Waals surface area contributed by atoms with Gasteiger partial charge in [0.25, 0.3) is 0 Å². The van der Waals surface area contributed by atoms with Gasteiger partial charge in [-0.1, -0.05) is 44.2 Å². The van der Waals surface area contributed by atoms with Crippen LogP contribution in [0.15, 0.2) is 53.4 Å². The minimum absolute atomic E-state index is 0.196. The first-order valence-corrected chi connectivity index (χ1v) is 8.32. The van der Waals surface area contributed by atoms with Crippen molar-refractivity contribution >= 4 is 17.5 Å². The fraction of sp³-hybridized carbons (Fsp3) is 0.263. The van der Waals surface area contributed by atoms with Crippen molar-refractivity contribution in [3.8, 4) is 6.07 Å². The van der Waals surface area contributed by atoms with E-state index in [1.807, 2.05) is 48.5 Å². The summed E-state index contributed by atoms with van der Waals surface area (Å²) < 4.78 is 0. The third-order valence-electron chi connectivity index (χ3n) is 3.30. The molecule has 0 saturated heterocycles. The van der Waals surface area contributed by atoms with Crippen molar-refractivity contribution < 1.29 is 4.79 Å². The smallest absolute Gasteiger partial charge is 0.163 e. The molecule has 0 unspecified atom stereocenters. The average Bonchev–Trinajstić information content (AvgIpc) is 2.53. The first-order chi connectivity index (χ1) is 10.6. The maximum atomic E-state index is 12.0. The van der Waals surface area contributed by atoms with Crippen LogP contribution in [0, 0.1) is 17.2 Å². The number of thioether (sulfide) groups is 1. The zero-order valence-electron chi connectivity index (χ0n) is 12.9. The van der Waals surface area contributed by atoms with Crippen molar-refractivity contribution in [2.75, 3.05) is 0 Å². The monoisotopic (exact) mass is 309 g/mol. The highest BCUT2D eigenvalue weighted by atomic mass is 32.2. The summed E-state index contributed by atoms with van der Waals surface area (Å²) in [6.07, 6.45) is 0.585. The highest BCUT2D eigenvalue weighted by molar-refractivity contribution is 7.98.